The van der Waals surface area contributed by atoms with Gasteiger partial charge in [0.1, 0.15) is 5.15 Å². The molecule has 0 fully saturated rings. The summed E-state index contributed by atoms with van der Waals surface area (Å²) in [6.45, 7) is 9.92. The first-order chi connectivity index (χ1) is 13.5. The lowest BCUT2D eigenvalue weighted by atomic mass is 9.95. The van der Waals surface area contributed by atoms with Gasteiger partial charge < -0.3 is 4.90 Å². The number of rotatable bonds is 7. The summed E-state index contributed by atoms with van der Waals surface area (Å²) in [7, 11) is -2.04. The Morgan fingerprint density at radius 2 is 1.59 bits per heavy atom. The highest BCUT2D eigenvalue weighted by atomic mass is 35.5. The van der Waals surface area contributed by atoms with Crippen molar-refractivity contribution in [1.82, 2.24) is 14.6 Å². The molecule has 8 heteroatoms. The second-order valence-electron chi connectivity index (χ2n) is 7.34. The third kappa shape index (κ3) is 5.35. The minimum atomic E-state index is -3.71. The number of carbonyl (C=O) groups is 1. The molecule has 6 nitrogen and oxygen atoms in total. The molecule has 0 unspecified atom stereocenters. The van der Waals surface area contributed by atoms with Crippen LogP contribution in [0.3, 0.4) is 0 Å². The highest BCUT2D eigenvalue weighted by Crippen LogP contribution is 2.29. The van der Waals surface area contributed by atoms with Gasteiger partial charge in [-0.3, -0.25) is 4.79 Å². The molecule has 0 radical (unpaired) electrons. The van der Waals surface area contributed by atoms with E-state index >= 15 is 0 Å². The number of carbonyl (C=O) groups excluding carboxylic acids is 1. The van der Waals surface area contributed by atoms with Crippen molar-refractivity contribution < 1.29 is 13.2 Å². The van der Waals surface area contributed by atoms with Gasteiger partial charge in [-0.05, 0) is 74.1 Å². The Hall–Kier alpha value is -1.96. The topological polar surface area (TPSA) is 79.4 Å². The van der Waals surface area contributed by atoms with Crippen LogP contribution in [-0.4, -0.2) is 37.8 Å². The lowest BCUT2D eigenvalue weighted by molar-refractivity contribution is -0.130. The molecule has 0 bridgehead atoms. The average molecular weight is 438 g/mol. The van der Waals surface area contributed by atoms with Gasteiger partial charge in [-0.2, -0.15) is 0 Å². The third-order valence-electron chi connectivity index (χ3n) is 5.47. The number of aromatic nitrogens is 1. The Morgan fingerprint density at radius 1 is 1.03 bits per heavy atom. The summed E-state index contributed by atoms with van der Waals surface area (Å²) in [5.41, 5.74) is 5.39. The van der Waals surface area contributed by atoms with Gasteiger partial charge in [0.25, 0.3) is 0 Å². The maximum atomic E-state index is 12.9. The van der Waals surface area contributed by atoms with Crippen molar-refractivity contribution in [2.24, 2.45) is 0 Å². The molecule has 29 heavy (non-hydrogen) atoms. The van der Waals surface area contributed by atoms with E-state index in [4.69, 9.17) is 11.6 Å². The molecule has 158 valence electrons. The van der Waals surface area contributed by atoms with Crippen LogP contribution in [0, 0.1) is 34.6 Å². The first-order valence-corrected chi connectivity index (χ1v) is 11.2. The van der Waals surface area contributed by atoms with Gasteiger partial charge in [-0.25, -0.2) is 18.1 Å². The monoisotopic (exact) mass is 437 g/mol. The normalized spacial score (nSPS) is 11.6. The Labute approximate surface area is 178 Å². The molecule has 0 spiro atoms. The van der Waals surface area contributed by atoms with Gasteiger partial charge in [0.2, 0.25) is 15.9 Å². The third-order valence-corrected chi connectivity index (χ3v) is 7.42. The van der Waals surface area contributed by atoms with Crippen LogP contribution in [0.4, 0.5) is 0 Å². The molecule has 0 aliphatic heterocycles. The molecule has 2 aromatic rings. The summed E-state index contributed by atoms with van der Waals surface area (Å²) in [6, 6.07) is 3.47. The Kier molecular flexibility index (Phi) is 7.43. The van der Waals surface area contributed by atoms with E-state index in [1.807, 2.05) is 34.6 Å². The van der Waals surface area contributed by atoms with Crippen molar-refractivity contribution in [1.29, 1.82) is 0 Å². The number of hydrogen-bond acceptors (Lipinski definition) is 4. The van der Waals surface area contributed by atoms with E-state index in [1.54, 1.807) is 25.4 Å². The molecular weight excluding hydrogens is 410 g/mol. The highest BCUT2D eigenvalue weighted by Gasteiger charge is 2.23. The SMILES string of the molecule is Cc1c(C)c(C)c(S(=O)(=O)NCCC(=O)N(C)Cc2ccc(Cl)nc2)c(C)c1C. The zero-order valence-electron chi connectivity index (χ0n) is 17.8. The van der Waals surface area contributed by atoms with Gasteiger partial charge in [0.15, 0.2) is 0 Å². The van der Waals surface area contributed by atoms with E-state index in [2.05, 4.69) is 9.71 Å². The van der Waals surface area contributed by atoms with Crippen molar-refractivity contribution in [3.05, 3.63) is 56.9 Å². The predicted molar refractivity (Wildman–Crippen MR) is 116 cm³/mol. The Balaban J connectivity index is 2.04. The average Bonchev–Trinajstić information content (AvgIpc) is 2.66. The molecule has 1 heterocycles. The van der Waals surface area contributed by atoms with E-state index in [0.29, 0.717) is 16.6 Å². The largest absolute Gasteiger partial charge is 0.341 e. The van der Waals surface area contributed by atoms with Crippen molar-refractivity contribution in [3.8, 4) is 0 Å². The van der Waals surface area contributed by atoms with Crippen LogP contribution in [-0.2, 0) is 21.4 Å². The summed E-state index contributed by atoms with van der Waals surface area (Å²) in [4.78, 5) is 18.2. The maximum Gasteiger partial charge on any atom is 0.241 e. The van der Waals surface area contributed by atoms with E-state index in [-0.39, 0.29) is 18.9 Å². The van der Waals surface area contributed by atoms with Crippen molar-refractivity contribution in [3.63, 3.8) is 0 Å². The van der Waals surface area contributed by atoms with Crippen LogP contribution in [0.15, 0.2) is 23.2 Å². The van der Waals surface area contributed by atoms with Crippen molar-refractivity contribution in [2.75, 3.05) is 13.6 Å². The van der Waals surface area contributed by atoms with Gasteiger partial charge in [-0.1, -0.05) is 17.7 Å². The number of amides is 1. The summed E-state index contributed by atoms with van der Waals surface area (Å²) in [6.07, 6.45) is 1.68. The second kappa shape index (κ2) is 9.24. The zero-order chi connectivity index (χ0) is 21.9. The fraction of sp³-hybridized carbons (Fsp3) is 0.429. The molecule has 0 aliphatic rings. The zero-order valence-corrected chi connectivity index (χ0v) is 19.3. The minimum absolute atomic E-state index is 0.0369. The number of nitrogens with one attached hydrogen (secondary N) is 1. The van der Waals surface area contributed by atoms with E-state index in [0.717, 1.165) is 33.4 Å². The molecule has 0 saturated carbocycles. The van der Waals surface area contributed by atoms with Gasteiger partial charge in [0.05, 0.1) is 4.90 Å². The predicted octanol–water partition coefficient (Wildman–Crippen LogP) is 3.60. The van der Waals surface area contributed by atoms with E-state index in [9.17, 15) is 13.2 Å². The van der Waals surface area contributed by atoms with Gasteiger partial charge in [-0.15, -0.1) is 0 Å². The molecule has 0 aliphatic carbocycles. The second-order valence-corrected chi connectivity index (χ2v) is 9.43. The summed E-state index contributed by atoms with van der Waals surface area (Å²) in [5, 5.41) is 0.393. The van der Waals surface area contributed by atoms with Crippen LogP contribution in [0.2, 0.25) is 5.15 Å². The van der Waals surface area contributed by atoms with Crippen LogP contribution >= 0.6 is 11.6 Å². The fourth-order valence-electron chi connectivity index (χ4n) is 3.29. The number of hydrogen-bond donors (Lipinski definition) is 1. The number of halogens is 1. The van der Waals surface area contributed by atoms with Crippen molar-refractivity contribution in [2.45, 2.75) is 52.5 Å². The van der Waals surface area contributed by atoms with Crippen LogP contribution in [0.5, 0.6) is 0 Å². The lowest BCUT2D eigenvalue weighted by Gasteiger charge is -2.20. The molecule has 1 aromatic heterocycles. The van der Waals surface area contributed by atoms with E-state index < -0.39 is 10.0 Å². The molecular formula is C21H28ClN3O3S. The van der Waals surface area contributed by atoms with Crippen LogP contribution < -0.4 is 4.72 Å². The highest BCUT2D eigenvalue weighted by molar-refractivity contribution is 7.89. The van der Waals surface area contributed by atoms with Gasteiger partial charge in [0, 0.05) is 32.8 Å². The lowest BCUT2D eigenvalue weighted by Crippen LogP contribution is -2.32. The number of sulfonamides is 1. The Morgan fingerprint density at radius 3 is 2.10 bits per heavy atom. The minimum Gasteiger partial charge on any atom is -0.341 e. The summed E-state index contributed by atoms with van der Waals surface area (Å²) >= 11 is 5.77. The molecule has 1 amide bonds. The summed E-state index contributed by atoms with van der Waals surface area (Å²) in [5.74, 6) is -0.160. The number of nitrogens with zero attached hydrogens (tertiary/aromatic N) is 2. The van der Waals surface area contributed by atoms with Gasteiger partial charge >= 0.3 is 0 Å². The fourth-order valence-corrected chi connectivity index (χ4v) is 5.03. The first-order valence-electron chi connectivity index (χ1n) is 9.36. The number of benzene rings is 1. The van der Waals surface area contributed by atoms with Crippen LogP contribution in [0.1, 0.15) is 39.8 Å². The molecule has 0 atom stereocenters. The molecule has 2 rings (SSSR count). The van der Waals surface area contributed by atoms with E-state index in [1.165, 1.54) is 4.90 Å². The molecule has 0 saturated heterocycles. The molecule has 1 aromatic carbocycles. The van der Waals surface area contributed by atoms with Crippen molar-refractivity contribution >= 4 is 27.5 Å². The first kappa shape index (κ1) is 23.3. The maximum absolute atomic E-state index is 12.9. The molecule has 1 N–H and O–H groups in total. The summed E-state index contributed by atoms with van der Waals surface area (Å²) < 4.78 is 28.4. The quantitative estimate of drug-likeness (QED) is 0.671. The number of pyridine rings is 1. The smallest absolute Gasteiger partial charge is 0.241 e. The van der Waals surface area contributed by atoms with Crippen LogP contribution in [0.25, 0.3) is 0 Å². The standard InChI is InChI=1S/C21H28ClN3O3S/c1-13-14(2)16(4)21(17(5)15(13)3)29(27,28)24-10-9-20(26)25(6)12-18-7-8-19(22)23-11-18/h7-8,11,24H,9-10,12H2,1-6H3. The Bertz CT molecular complexity index is 989.